The molecular weight excluding hydrogens is 403 g/mol. The van der Waals surface area contributed by atoms with Crippen molar-refractivity contribution in [1.82, 2.24) is 3.97 Å². The summed E-state index contributed by atoms with van der Waals surface area (Å²) >= 11 is 0. The van der Waals surface area contributed by atoms with Gasteiger partial charge in [0.2, 0.25) is 0 Å². The quantitative estimate of drug-likeness (QED) is 0.442. The van der Waals surface area contributed by atoms with Gasteiger partial charge in [0.05, 0.1) is 16.0 Å². The molecule has 0 aliphatic rings. The molecule has 3 aromatic carbocycles. The average molecular weight is 416 g/mol. The lowest BCUT2D eigenvalue weighted by molar-refractivity contribution is -0.137. The molecule has 29 heavy (non-hydrogen) atoms. The van der Waals surface area contributed by atoms with Gasteiger partial charge in [-0.25, -0.2) is 12.4 Å². The monoisotopic (exact) mass is 416 g/mol. The van der Waals surface area contributed by atoms with Crippen molar-refractivity contribution in [3.63, 3.8) is 0 Å². The van der Waals surface area contributed by atoms with Crippen LogP contribution in [-0.4, -0.2) is 12.4 Å². The number of nitrogens with zero attached hydrogens (tertiary/aromatic N) is 1. The Morgan fingerprint density at radius 3 is 2.10 bits per heavy atom. The van der Waals surface area contributed by atoms with E-state index in [1.165, 1.54) is 46.6 Å². The first-order valence-electron chi connectivity index (χ1n) is 8.43. The predicted molar refractivity (Wildman–Crippen MR) is 101 cm³/mol. The van der Waals surface area contributed by atoms with Crippen LogP contribution in [0, 0.1) is 6.07 Å². The number of alkyl halides is 3. The Hall–Kier alpha value is -3.26. The van der Waals surface area contributed by atoms with E-state index >= 15 is 0 Å². The van der Waals surface area contributed by atoms with Gasteiger partial charge in [0.25, 0.3) is 10.0 Å². The van der Waals surface area contributed by atoms with Crippen LogP contribution < -0.4 is 4.74 Å². The Bertz CT molecular complexity index is 1260. The molecule has 4 rings (SSSR count). The molecule has 0 atom stereocenters. The van der Waals surface area contributed by atoms with Gasteiger partial charge < -0.3 is 4.74 Å². The Kier molecular flexibility index (Phi) is 4.58. The smallest absolute Gasteiger partial charge is 0.416 e. The summed E-state index contributed by atoms with van der Waals surface area (Å²) in [5.74, 6) is 0.511. The molecule has 0 N–H and O–H groups in total. The SMILES string of the molecule is O=S(=O)(c1ccc(Oc2ccc(C(F)(F)F)cc2)cc1)n1ccc2c[c]ccc21. The third-order valence-corrected chi connectivity index (χ3v) is 6.00. The van der Waals surface area contributed by atoms with E-state index in [0.717, 1.165) is 17.5 Å². The highest BCUT2D eigenvalue weighted by Crippen LogP contribution is 2.31. The lowest BCUT2D eigenvalue weighted by Gasteiger charge is -2.10. The molecule has 4 nitrogen and oxygen atoms in total. The van der Waals surface area contributed by atoms with Gasteiger partial charge >= 0.3 is 6.18 Å². The number of rotatable bonds is 4. The Morgan fingerprint density at radius 1 is 0.862 bits per heavy atom. The van der Waals surface area contributed by atoms with Gasteiger partial charge in [0.15, 0.2) is 0 Å². The van der Waals surface area contributed by atoms with Crippen molar-refractivity contribution >= 4 is 20.9 Å². The van der Waals surface area contributed by atoms with E-state index in [1.807, 2.05) is 0 Å². The van der Waals surface area contributed by atoms with Crippen molar-refractivity contribution in [1.29, 1.82) is 0 Å². The molecule has 0 fully saturated rings. The number of fused-ring (bicyclic) bond motifs is 1. The average Bonchev–Trinajstić information content (AvgIpc) is 3.13. The number of hydrogen-bond donors (Lipinski definition) is 0. The lowest BCUT2D eigenvalue weighted by atomic mass is 10.2. The normalized spacial score (nSPS) is 12.2. The fraction of sp³-hybridized carbons (Fsp3) is 0.0476. The zero-order chi connectivity index (χ0) is 20.6. The summed E-state index contributed by atoms with van der Waals surface area (Å²) in [5.41, 5.74) is -0.239. The van der Waals surface area contributed by atoms with Crippen molar-refractivity contribution < 1.29 is 26.3 Å². The molecule has 0 aliphatic heterocycles. The van der Waals surface area contributed by atoms with Crippen molar-refractivity contribution in [3.8, 4) is 11.5 Å². The highest BCUT2D eigenvalue weighted by molar-refractivity contribution is 7.90. The van der Waals surface area contributed by atoms with E-state index in [1.54, 1.807) is 24.3 Å². The summed E-state index contributed by atoms with van der Waals surface area (Å²) in [5, 5.41) is 0.748. The van der Waals surface area contributed by atoms with Gasteiger partial charge in [0.1, 0.15) is 11.5 Å². The van der Waals surface area contributed by atoms with E-state index in [0.29, 0.717) is 11.3 Å². The zero-order valence-corrected chi connectivity index (χ0v) is 15.5. The van der Waals surface area contributed by atoms with E-state index in [-0.39, 0.29) is 10.6 Å². The highest BCUT2D eigenvalue weighted by Gasteiger charge is 2.30. The molecule has 4 aromatic rings. The van der Waals surface area contributed by atoms with Crippen molar-refractivity contribution in [2.24, 2.45) is 0 Å². The lowest BCUT2D eigenvalue weighted by Crippen LogP contribution is -2.11. The zero-order valence-electron chi connectivity index (χ0n) is 14.7. The second-order valence-electron chi connectivity index (χ2n) is 6.20. The van der Waals surface area contributed by atoms with Crippen LogP contribution in [0.3, 0.4) is 0 Å². The Morgan fingerprint density at radius 2 is 1.48 bits per heavy atom. The number of hydrogen-bond acceptors (Lipinski definition) is 3. The van der Waals surface area contributed by atoms with Crippen LogP contribution in [0.1, 0.15) is 5.56 Å². The summed E-state index contributed by atoms with van der Waals surface area (Å²) in [7, 11) is -3.81. The maximum absolute atomic E-state index is 12.9. The van der Waals surface area contributed by atoms with Gasteiger partial charge in [0, 0.05) is 11.6 Å². The minimum absolute atomic E-state index is 0.0580. The van der Waals surface area contributed by atoms with Crippen LogP contribution in [0.2, 0.25) is 0 Å². The maximum Gasteiger partial charge on any atom is 0.416 e. The molecule has 147 valence electrons. The number of ether oxygens (including phenoxy) is 1. The third kappa shape index (κ3) is 3.71. The summed E-state index contributed by atoms with van der Waals surface area (Å²) < 4.78 is 70.4. The van der Waals surface area contributed by atoms with Crippen molar-refractivity contribution in [2.45, 2.75) is 11.1 Å². The third-order valence-electron chi connectivity index (χ3n) is 4.30. The number of aromatic nitrogens is 1. The largest absolute Gasteiger partial charge is 0.457 e. The Labute approximate surface area is 164 Å². The minimum atomic E-state index is -4.42. The van der Waals surface area contributed by atoms with Crippen molar-refractivity contribution in [3.05, 3.63) is 90.6 Å². The van der Waals surface area contributed by atoms with Gasteiger partial charge in [-0.3, -0.25) is 0 Å². The minimum Gasteiger partial charge on any atom is -0.457 e. The Balaban J connectivity index is 1.57. The molecular formula is C21H13F3NO3S. The van der Waals surface area contributed by atoms with E-state index in [2.05, 4.69) is 6.07 Å². The summed E-state index contributed by atoms with van der Waals surface area (Å²) in [4.78, 5) is 0.0580. The van der Waals surface area contributed by atoms with Gasteiger partial charge in [-0.15, -0.1) is 0 Å². The number of halogens is 3. The first-order valence-corrected chi connectivity index (χ1v) is 9.87. The second kappa shape index (κ2) is 6.97. The predicted octanol–water partition coefficient (Wildman–Crippen LogP) is 5.49. The van der Waals surface area contributed by atoms with E-state index in [4.69, 9.17) is 4.74 Å². The van der Waals surface area contributed by atoms with Crippen LogP contribution >= 0.6 is 0 Å². The molecule has 1 radical (unpaired) electrons. The molecule has 1 heterocycles. The molecule has 0 saturated heterocycles. The van der Waals surface area contributed by atoms with E-state index in [9.17, 15) is 21.6 Å². The van der Waals surface area contributed by atoms with Crippen molar-refractivity contribution in [2.75, 3.05) is 0 Å². The molecule has 0 aliphatic carbocycles. The van der Waals surface area contributed by atoms with Gasteiger partial charge in [-0.2, -0.15) is 13.2 Å². The molecule has 8 heteroatoms. The first kappa shape index (κ1) is 19.1. The standard InChI is InChI=1S/C21H13F3NO3S/c22-21(23,24)16-5-7-17(8-6-16)28-18-9-11-19(12-10-18)29(26,27)25-14-13-15-3-1-2-4-20(15)25/h2-14H. The topological polar surface area (TPSA) is 48.3 Å². The molecule has 0 unspecified atom stereocenters. The fourth-order valence-electron chi connectivity index (χ4n) is 2.85. The molecule has 0 saturated carbocycles. The van der Waals surface area contributed by atoms with Crippen LogP contribution in [0.4, 0.5) is 13.2 Å². The summed E-state index contributed by atoms with van der Waals surface area (Å²) in [6.07, 6.45) is -2.95. The van der Waals surface area contributed by atoms with Crippen LogP contribution in [0.25, 0.3) is 10.9 Å². The van der Waals surface area contributed by atoms with E-state index < -0.39 is 21.8 Å². The fourth-order valence-corrected chi connectivity index (χ4v) is 4.20. The summed E-state index contributed by atoms with van der Waals surface area (Å²) in [6, 6.07) is 19.5. The van der Waals surface area contributed by atoms with Crippen LogP contribution in [0.15, 0.2) is 83.9 Å². The van der Waals surface area contributed by atoms with Gasteiger partial charge in [-0.05, 0) is 72.8 Å². The van der Waals surface area contributed by atoms with Crippen LogP contribution in [-0.2, 0) is 16.2 Å². The van der Waals surface area contributed by atoms with Crippen LogP contribution in [0.5, 0.6) is 11.5 Å². The number of benzene rings is 3. The molecule has 0 amide bonds. The van der Waals surface area contributed by atoms with Gasteiger partial charge in [-0.1, -0.05) is 6.07 Å². The molecule has 0 bridgehead atoms. The second-order valence-corrected chi connectivity index (χ2v) is 8.01. The first-order chi connectivity index (χ1) is 13.7. The molecule has 0 spiro atoms. The highest BCUT2D eigenvalue weighted by atomic mass is 32.2. The summed E-state index contributed by atoms with van der Waals surface area (Å²) in [6.45, 7) is 0. The maximum atomic E-state index is 12.9. The molecule has 1 aromatic heterocycles.